The molecule has 4 aromatic carbocycles. The van der Waals surface area contributed by atoms with Crippen molar-refractivity contribution in [1.82, 2.24) is 10.2 Å². The second-order valence-electron chi connectivity index (χ2n) is 12.3. The Hall–Kier alpha value is -4.63. The van der Waals surface area contributed by atoms with Gasteiger partial charge in [-0.15, -0.1) is 0 Å². The lowest BCUT2D eigenvalue weighted by atomic mass is 10.0. The van der Waals surface area contributed by atoms with Crippen LogP contribution in [0.25, 0.3) is 0 Å². The van der Waals surface area contributed by atoms with E-state index in [4.69, 9.17) is 4.74 Å². The van der Waals surface area contributed by atoms with Gasteiger partial charge >= 0.3 is 0 Å². The number of carbonyl (C=O) groups is 2. The number of nitrogens with zero attached hydrogens (tertiary/aromatic N) is 2. The molecule has 8 nitrogen and oxygen atoms in total. The van der Waals surface area contributed by atoms with Crippen LogP contribution in [0.1, 0.15) is 41.7 Å². The SMILES string of the molecule is COc1cccc(CN(C(=O)CN(c2ccc(C)c(C)c2)S(=O)(=O)c2ccc(C)cc2)C(Cc2ccccc2)C(=O)NCC(C)C)c1. The van der Waals surface area contributed by atoms with Gasteiger partial charge in [-0.25, -0.2) is 8.42 Å². The lowest BCUT2D eigenvalue weighted by molar-refractivity contribution is -0.140. The van der Waals surface area contributed by atoms with E-state index in [1.54, 1.807) is 43.5 Å². The molecule has 0 aromatic heterocycles. The minimum atomic E-state index is -4.17. The zero-order valence-corrected chi connectivity index (χ0v) is 28.9. The van der Waals surface area contributed by atoms with Crippen LogP contribution in [-0.4, -0.2) is 51.4 Å². The molecule has 0 radical (unpaired) electrons. The van der Waals surface area contributed by atoms with E-state index in [2.05, 4.69) is 5.32 Å². The fourth-order valence-corrected chi connectivity index (χ4v) is 6.60. The number of ether oxygens (including phenoxy) is 1. The molecule has 1 N–H and O–H groups in total. The number of aryl methyl sites for hydroxylation is 3. The first kappa shape index (κ1) is 35.2. The van der Waals surface area contributed by atoms with Crippen LogP contribution in [0.15, 0.2) is 102 Å². The largest absolute Gasteiger partial charge is 0.497 e. The summed E-state index contributed by atoms with van der Waals surface area (Å²) in [5.41, 5.74) is 4.79. The van der Waals surface area contributed by atoms with E-state index < -0.39 is 28.5 Å². The number of rotatable bonds is 14. The summed E-state index contributed by atoms with van der Waals surface area (Å²) in [6, 6.07) is 27.8. The predicted molar refractivity (Wildman–Crippen MR) is 187 cm³/mol. The van der Waals surface area contributed by atoms with Crippen LogP contribution in [0.5, 0.6) is 5.75 Å². The molecule has 4 rings (SSSR count). The first-order chi connectivity index (χ1) is 22.4. The first-order valence-corrected chi connectivity index (χ1v) is 17.2. The summed E-state index contributed by atoms with van der Waals surface area (Å²) in [7, 11) is -2.61. The Morgan fingerprint density at radius 1 is 0.809 bits per heavy atom. The third-order valence-electron chi connectivity index (χ3n) is 8.11. The Morgan fingerprint density at radius 3 is 2.13 bits per heavy atom. The van der Waals surface area contributed by atoms with Crippen LogP contribution < -0.4 is 14.4 Å². The Balaban J connectivity index is 1.82. The van der Waals surface area contributed by atoms with Gasteiger partial charge in [-0.2, -0.15) is 0 Å². The smallest absolute Gasteiger partial charge is 0.264 e. The van der Waals surface area contributed by atoms with Crippen molar-refractivity contribution in [2.24, 2.45) is 5.92 Å². The summed E-state index contributed by atoms with van der Waals surface area (Å²) in [5, 5.41) is 3.02. The molecule has 0 saturated carbocycles. The van der Waals surface area contributed by atoms with Crippen molar-refractivity contribution in [3.05, 3.63) is 125 Å². The maximum absolute atomic E-state index is 14.7. The maximum Gasteiger partial charge on any atom is 0.264 e. The van der Waals surface area contributed by atoms with Gasteiger partial charge in [-0.3, -0.25) is 13.9 Å². The second kappa shape index (κ2) is 15.8. The Kier molecular flexibility index (Phi) is 11.8. The molecule has 248 valence electrons. The lowest BCUT2D eigenvalue weighted by Crippen LogP contribution is -2.53. The van der Waals surface area contributed by atoms with Crippen molar-refractivity contribution in [2.75, 3.05) is 24.5 Å². The Bertz CT molecular complexity index is 1770. The number of methoxy groups -OCH3 is 1. The van der Waals surface area contributed by atoms with Gasteiger partial charge < -0.3 is 15.0 Å². The third kappa shape index (κ3) is 9.23. The molecular formula is C38H45N3O5S. The first-order valence-electron chi connectivity index (χ1n) is 15.8. The van der Waals surface area contributed by atoms with E-state index in [-0.39, 0.29) is 29.7 Å². The van der Waals surface area contributed by atoms with Gasteiger partial charge in [-0.05, 0) is 85.3 Å². The van der Waals surface area contributed by atoms with E-state index >= 15 is 0 Å². The van der Waals surface area contributed by atoms with Crippen molar-refractivity contribution in [3.8, 4) is 5.75 Å². The highest BCUT2D eigenvalue weighted by atomic mass is 32.2. The van der Waals surface area contributed by atoms with Crippen LogP contribution in [0, 0.1) is 26.7 Å². The average molecular weight is 656 g/mol. The molecule has 1 atom stereocenters. The van der Waals surface area contributed by atoms with Gasteiger partial charge in [0.25, 0.3) is 10.0 Å². The summed E-state index contributed by atoms with van der Waals surface area (Å²) in [6.07, 6.45) is 0.245. The summed E-state index contributed by atoms with van der Waals surface area (Å²) >= 11 is 0. The molecule has 2 amide bonds. The van der Waals surface area contributed by atoms with Gasteiger partial charge in [0.2, 0.25) is 11.8 Å². The lowest BCUT2D eigenvalue weighted by Gasteiger charge is -2.34. The fraction of sp³-hybridized carbons (Fsp3) is 0.316. The van der Waals surface area contributed by atoms with Crippen LogP contribution in [0.4, 0.5) is 5.69 Å². The van der Waals surface area contributed by atoms with Crippen molar-refractivity contribution < 1.29 is 22.7 Å². The molecule has 1 unspecified atom stereocenters. The number of sulfonamides is 1. The molecular weight excluding hydrogens is 611 g/mol. The Morgan fingerprint density at radius 2 is 1.49 bits per heavy atom. The molecule has 0 spiro atoms. The highest BCUT2D eigenvalue weighted by molar-refractivity contribution is 7.92. The van der Waals surface area contributed by atoms with Crippen molar-refractivity contribution in [3.63, 3.8) is 0 Å². The average Bonchev–Trinajstić information content (AvgIpc) is 3.06. The fourth-order valence-electron chi connectivity index (χ4n) is 5.19. The maximum atomic E-state index is 14.7. The second-order valence-corrected chi connectivity index (χ2v) is 14.2. The quantitative estimate of drug-likeness (QED) is 0.174. The number of benzene rings is 4. The van der Waals surface area contributed by atoms with Gasteiger partial charge in [0.15, 0.2) is 0 Å². The zero-order valence-electron chi connectivity index (χ0n) is 28.1. The van der Waals surface area contributed by atoms with Crippen LogP contribution in [0.3, 0.4) is 0 Å². The highest BCUT2D eigenvalue weighted by Crippen LogP contribution is 2.27. The number of hydrogen-bond donors (Lipinski definition) is 1. The van der Waals surface area contributed by atoms with E-state index in [1.807, 2.05) is 95.3 Å². The number of carbonyl (C=O) groups excluding carboxylic acids is 2. The molecule has 47 heavy (non-hydrogen) atoms. The summed E-state index contributed by atoms with van der Waals surface area (Å²) in [4.78, 5) is 30.2. The molecule has 4 aromatic rings. The summed E-state index contributed by atoms with van der Waals surface area (Å²) in [6.45, 7) is 9.73. The van der Waals surface area contributed by atoms with Gasteiger partial charge in [-0.1, -0.05) is 80.1 Å². The molecule has 0 aliphatic carbocycles. The van der Waals surface area contributed by atoms with Crippen molar-refractivity contribution in [2.45, 2.75) is 58.5 Å². The standard InChI is InChI=1S/C38H45N3O5S/c1-27(2)24-39-38(43)36(23-31-11-8-7-9-12-31)40(25-32-13-10-14-34(22-32)46-6)37(42)26-41(33-18-17-29(4)30(5)21-33)47(44,45)35-19-15-28(3)16-20-35/h7-22,27,36H,23-26H2,1-6H3,(H,39,43). The van der Waals surface area contributed by atoms with E-state index in [1.165, 1.54) is 4.90 Å². The summed E-state index contributed by atoms with van der Waals surface area (Å²) in [5.74, 6) is -0.0171. The van der Waals surface area contributed by atoms with E-state index in [9.17, 15) is 18.0 Å². The van der Waals surface area contributed by atoms with Gasteiger partial charge in [0.1, 0.15) is 18.3 Å². The van der Waals surface area contributed by atoms with Crippen LogP contribution in [0.2, 0.25) is 0 Å². The predicted octanol–water partition coefficient (Wildman–Crippen LogP) is 6.23. The third-order valence-corrected chi connectivity index (χ3v) is 9.90. The van der Waals surface area contributed by atoms with E-state index in [0.29, 0.717) is 18.0 Å². The topological polar surface area (TPSA) is 96.0 Å². The summed E-state index contributed by atoms with van der Waals surface area (Å²) < 4.78 is 35.1. The monoisotopic (exact) mass is 655 g/mol. The van der Waals surface area contributed by atoms with E-state index in [0.717, 1.165) is 32.1 Å². The minimum absolute atomic E-state index is 0.0635. The normalized spacial score (nSPS) is 12.0. The molecule has 0 aliphatic rings. The number of amides is 2. The Labute approximate surface area is 279 Å². The molecule has 0 heterocycles. The van der Waals surface area contributed by atoms with Crippen LogP contribution in [-0.2, 0) is 32.6 Å². The molecule has 0 fully saturated rings. The number of nitrogens with one attached hydrogen (secondary N) is 1. The number of anilines is 1. The number of hydrogen-bond acceptors (Lipinski definition) is 5. The molecule has 0 aliphatic heterocycles. The highest BCUT2D eigenvalue weighted by Gasteiger charge is 2.34. The van der Waals surface area contributed by atoms with Crippen molar-refractivity contribution >= 4 is 27.5 Å². The van der Waals surface area contributed by atoms with Crippen LogP contribution >= 0.6 is 0 Å². The van der Waals surface area contributed by atoms with Crippen molar-refractivity contribution in [1.29, 1.82) is 0 Å². The molecule has 0 saturated heterocycles. The van der Waals surface area contributed by atoms with Gasteiger partial charge in [0, 0.05) is 19.5 Å². The van der Waals surface area contributed by atoms with Gasteiger partial charge in [0.05, 0.1) is 17.7 Å². The molecule has 9 heteroatoms. The zero-order chi connectivity index (χ0) is 34.1. The molecule has 0 bridgehead atoms. The minimum Gasteiger partial charge on any atom is -0.497 e.